The Kier molecular flexibility index (Phi) is 4.96. The summed E-state index contributed by atoms with van der Waals surface area (Å²) in [5.74, 6) is 2.89. The zero-order chi connectivity index (χ0) is 13.7. The van der Waals surface area contributed by atoms with Crippen LogP contribution in [0.15, 0.2) is 0 Å². The number of aryl methyl sites for hydroxylation is 1. The Labute approximate surface area is 114 Å². The SMILES string of the molecule is CCNc1nc(CC)nc(OCC2CCOC2)c1C. The van der Waals surface area contributed by atoms with Crippen LogP contribution in [0.1, 0.15) is 31.7 Å². The smallest absolute Gasteiger partial charge is 0.221 e. The van der Waals surface area contributed by atoms with E-state index in [1.807, 2.05) is 6.92 Å². The Balaban J connectivity index is 2.10. The van der Waals surface area contributed by atoms with Crippen molar-refractivity contribution in [3.63, 3.8) is 0 Å². The second-order valence-corrected chi connectivity index (χ2v) is 4.84. The highest BCUT2D eigenvalue weighted by Gasteiger charge is 2.18. The molecular formula is C14H23N3O2. The summed E-state index contributed by atoms with van der Waals surface area (Å²) in [7, 11) is 0. The molecular weight excluding hydrogens is 242 g/mol. The van der Waals surface area contributed by atoms with Crippen molar-refractivity contribution in [3.05, 3.63) is 11.4 Å². The van der Waals surface area contributed by atoms with Gasteiger partial charge in [0.2, 0.25) is 5.88 Å². The van der Waals surface area contributed by atoms with Gasteiger partial charge in [-0.25, -0.2) is 4.98 Å². The molecule has 1 unspecified atom stereocenters. The summed E-state index contributed by atoms with van der Waals surface area (Å²) in [5, 5.41) is 3.26. The van der Waals surface area contributed by atoms with E-state index in [4.69, 9.17) is 9.47 Å². The number of ether oxygens (including phenoxy) is 2. The molecule has 5 heteroatoms. The van der Waals surface area contributed by atoms with Gasteiger partial charge in [-0.05, 0) is 20.3 Å². The number of hydrogen-bond donors (Lipinski definition) is 1. The highest BCUT2D eigenvalue weighted by atomic mass is 16.5. The van der Waals surface area contributed by atoms with Crippen LogP contribution in [0.5, 0.6) is 5.88 Å². The standard InChI is InChI=1S/C14H23N3O2/c1-4-12-16-13(15-5-2)10(3)14(17-12)19-9-11-6-7-18-8-11/h11H,4-9H2,1-3H3,(H,15,16,17). The molecule has 1 saturated heterocycles. The molecule has 1 aliphatic rings. The maximum atomic E-state index is 5.88. The van der Waals surface area contributed by atoms with Gasteiger partial charge in [0.05, 0.1) is 18.8 Å². The molecule has 0 bridgehead atoms. The minimum atomic E-state index is 0.488. The summed E-state index contributed by atoms with van der Waals surface area (Å²) in [4.78, 5) is 8.97. The second kappa shape index (κ2) is 6.70. The average molecular weight is 265 g/mol. The molecule has 0 amide bonds. The second-order valence-electron chi connectivity index (χ2n) is 4.84. The Morgan fingerprint density at radius 2 is 2.21 bits per heavy atom. The number of aromatic nitrogens is 2. The first kappa shape index (κ1) is 14.1. The highest BCUT2D eigenvalue weighted by molar-refractivity contribution is 5.48. The van der Waals surface area contributed by atoms with Crippen LogP contribution in [0, 0.1) is 12.8 Å². The third-order valence-corrected chi connectivity index (χ3v) is 3.29. The van der Waals surface area contributed by atoms with Crippen molar-refractivity contribution in [2.24, 2.45) is 5.92 Å². The maximum absolute atomic E-state index is 5.88. The van der Waals surface area contributed by atoms with Gasteiger partial charge in [0.15, 0.2) is 0 Å². The lowest BCUT2D eigenvalue weighted by molar-refractivity contribution is 0.165. The lowest BCUT2D eigenvalue weighted by atomic mass is 10.1. The quantitative estimate of drug-likeness (QED) is 0.854. The molecule has 106 valence electrons. The first-order valence-corrected chi connectivity index (χ1v) is 7.06. The van der Waals surface area contributed by atoms with Crippen LogP contribution in [0.4, 0.5) is 5.82 Å². The van der Waals surface area contributed by atoms with Crippen molar-refractivity contribution in [3.8, 4) is 5.88 Å². The van der Waals surface area contributed by atoms with Gasteiger partial charge in [0.25, 0.3) is 0 Å². The molecule has 1 aromatic heterocycles. The Bertz CT molecular complexity index is 417. The summed E-state index contributed by atoms with van der Waals surface area (Å²) < 4.78 is 11.2. The van der Waals surface area contributed by atoms with Gasteiger partial charge < -0.3 is 14.8 Å². The number of rotatable bonds is 6. The first-order chi connectivity index (χ1) is 9.24. The van der Waals surface area contributed by atoms with Gasteiger partial charge in [0.1, 0.15) is 11.6 Å². The molecule has 5 nitrogen and oxygen atoms in total. The molecule has 0 saturated carbocycles. The van der Waals surface area contributed by atoms with Crippen LogP contribution >= 0.6 is 0 Å². The van der Waals surface area contributed by atoms with Gasteiger partial charge in [-0.3, -0.25) is 0 Å². The third kappa shape index (κ3) is 3.56. The lowest BCUT2D eigenvalue weighted by Gasteiger charge is -2.15. The Morgan fingerprint density at radius 3 is 2.84 bits per heavy atom. The molecule has 1 fully saturated rings. The van der Waals surface area contributed by atoms with E-state index in [1.54, 1.807) is 0 Å². The number of nitrogens with one attached hydrogen (secondary N) is 1. The zero-order valence-electron chi connectivity index (χ0n) is 12.0. The van der Waals surface area contributed by atoms with Gasteiger partial charge in [-0.2, -0.15) is 4.98 Å². The summed E-state index contributed by atoms with van der Waals surface area (Å²) in [6.07, 6.45) is 1.88. The van der Waals surface area contributed by atoms with E-state index in [-0.39, 0.29) is 0 Å². The largest absolute Gasteiger partial charge is 0.477 e. The van der Waals surface area contributed by atoms with Crippen LogP contribution < -0.4 is 10.1 Å². The van der Waals surface area contributed by atoms with Crippen molar-refractivity contribution in [1.82, 2.24) is 9.97 Å². The van der Waals surface area contributed by atoms with Crippen molar-refractivity contribution < 1.29 is 9.47 Å². The van der Waals surface area contributed by atoms with Gasteiger partial charge in [-0.15, -0.1) is 0 Å². The minimum absolute atomic E-state index is 0.488. The van der Waals surface area contributed by atoms with E-state index in [9.17, 15) is 0 Å². The van der Waals surface area contributed by atoms with Gasteiger partial charge in [-0.1, -0.05) is 6.92 Å². The topological polar surface area (TPSA) is 56.3 Å². The van der Waals surface area contributed by atoms with E-state index in [0.717, 1.165) is 49.8 Å². The van der Waals surface area contributed by atoms with E-state index < -0.39 is 0 Å². The van der Waals surface area contributed by atoms with Crippen LogP contribution in [0.2, 0.25) is 0 Å². The van der Waals surface area contributed by atoms with Crippen molar-refractivity contribution >= 4 is 5.82 Å². The summed E-state index contributed by atoms with van der Waals surface area (Å²) in [6, 6.07) is 0. The molecule has 1 aliphatic heterocycles. The Morgan fingerprint density at radius 1 is 1.37 bits per heavy atom. The molecule has 2 rings (SSSR count). The normalized spacial score (nSPS) is 18.6. The monoisotopic (exact) mass is 265 g/mol. The summed E-state index contributed by atoms with van der Waals surface area (Å²) in [6.45, 7) is 9.27. The number of nitrogens with zero attached hydrogens (tertiary/aromatic N) is 2. The molecule has 1 aromatic rings. The van der Waals surface area contributed by atoms with Crippen LogP contribution in [-0.2, 0) is 11.2 Å². The fraction of sp³-hybridized carbons (Fsp3) is 0.714. The molecule has 1 atom stereocenters. The summed E-state index contributed by atoms with van der Waals surface area (Å²) in [5.41, 5.74) is 0.984. The molecule has 0 aliphatic carbocycles. The van der Waals surface area contributed by atoms with Gasteiger partial charge >= 0.3 is 0 Å². The predicted octanol–water partition coefficient (Wildman–Crippen LogP) is 2.19. The molecule has 0 spiro atoms. The number of hydrogen-bond acceptors (Lipinski definition) is 5. The van der Waals surface area contributed by atoms with E-state index in [1.165, 1.54) is 0 Å². The number of anilines is 1. The highest BCUT2D eigenvalue weighted by Crippen LogP contribution is 2.23. The molecule has 19 heavy (non-hydrogen) atoms. The molecule has 1 N–H and O–H groups in total. The fourth-order valence-electron chi connectivity index (χ4n) is 2.09. The Hall–Kier alpha value is -1.36. The zero-order valence-corrected chi connectivity index (χ0v) is 12.0. The summed E-state index contributed by atoms with van der Waals surface area (Å²) >= 11 is 0. The molecule has 0 radical (unpaired) electrons. The first-order valence-electron chi connectivity index (χ1n) is 7.06. The van der Waals surface area contributed by atoms with E-state index in [2.05, 4.69) is 29.1 Å². The van der Waals surface area contributed by atoms with E-state index in [0.29, 0.717) is 18.4 Å². The predicted molar refractivity (Wildman–Crippen MR) is 74.7 cm³/mol. The minimum Gasteiger partial charge on any atom is -0.477 e. The molecule has 2 heterocycles. The molecule has 0 aromatic carbocycles. The van der Waals surface area contributed by atoms with Gasteiger partial charge in [0, 0.05) is 25.5 Å². The van der Waals surface area contributed by atoms with Crippen LogP contribution in [0.25, 0.3) is 0 Å². The van der Waals surface area contributed by atoms with Crippen molar-refractivity contribution in [2.45, 2.75) is 33.6 Å². The van der Waals surface area contributed by atoms with Crippen molar-refractivity contribution in [2.75, 3.05) is 31.7 Å². The van der Waals surface area contributed by atoms with E-state index >= 15 is 0 Å². The van der Waals surface area contributed by atoms with Crippen LogP contribution in [0.3, 0.4) is 0 Å². The van der Waals surface area contributed by atoms with Crippen molar-refractivity contribution in [1.29, 1.82) is 0 Å². The lowest BCUT2D eigenvalue weighted by Crippen LogP contribution is -2.15. The fourth-order valence-corrected chi connectivity index (χ4v) is 2.09. The third-order valence-electron chi connectivity index (χ3n) is 3.29. The maximum Gasteiger partial charge on any atom is 0.221 e. The average Bonchev–Trinajstić information content (AvgIpc) is 2.93. The van der Waals surface area contributed by atoms with Crippen LogP contribution in [-0.4, -0.2) is 36.3 Å².